The first-order chi connectivity index (χ1) is 14.0. The van der Waals surface area contributed by atoms with Gasteiger partial charge in [-0.3, -0.25) is 4.79 Å². The number of thiophene rings is 1. The predicted octanol–water partition coefficient (Wildman–Crippen LogP) is 5.25. The quantitative estimate of drug-likeness (QED) is 0.484. The third kappa shape index (κ3) is 3.64. The van der Waals surface area contributed by atoms with Crippen LogP contribution in [0.25, 0.3) is 21.5 Å². The summed E-state index contributed by atoms with van der Waals surface area (Å²) < 4.78 is 18.9. The molecule has 0 radical (unpaired) electrons. The Balaban J connectivity index is 1.65. The minimum Gasteiger partial charge on any atom is -0.497 e. The van der Waals surface area contributed by atoms with Gasteiger partial charge in [0.2, 0.25) is 0 Å². The number of hydrogen-bond donors (Lipinski definition) is 2. The number of amides is 1. The van der Waals surface area contributed by atoms with Gasteiger partial charge in [-0.1, -0.05) is 6.07 Å². The van der Waals surface area contributed by atoms with E-state index < -0.39 is 0 Å². The zero-order chi connectivity index (χ0) is 20.5. The van der Waals surface area contributed by atoms with Gasteiger partial charge < -0.3 is 15.8 Å². The molecule has 0 unspecified atom stereocenters. The van der Waals surface area contributed by atoms with Crippen molar-refractivity contribution < 1.29 is 13.9 Å². The standard InChI is InChI=1S/C22H18FN3O2S/c1-12-3-6-14(11-17(12)23)25-21(27)20-19(24)16-9-10-18(26-22(16)29-20)13-4-7-15(28-2)8-5-13/h3-11H,24H2,1-2H3,(H,25,27). The Labute approximate surface area is 171 Å². The summed E-state index contributed by atoms with van der Waals surface area (Å²) in [7, 11) is 1.62. The average Bonchev–Trinajstić information content (AvgIpc) is 3.07. The second-order valence-electron chi connectivity index (χ2n) is 6.54. The fourth-order valence-electron chi connectivity index (χ4n) is 2.95. The second kappa shape index (κ2) is 7.52. The average molecular weight is 407 g/mol. The van der Waals surface area contributed by atoms with Gasteiger partial charge in [0.05, 0.1) is 18.5 Å². The second-order valence-corrected chi connectivity index (χ2v) is 7.54. The van der Waals surface area contributed by atoms with Crippen LogP contribution in [0.3, 0.4) is 0 Å². The van der Waals surface area contributed by atoms with Gasteiger partial charge in [0.15, 0.2) is 0 Å². The fraction of sp³-hybridized carbons (Fsp3) is 0.0909. The number of fused-ring (bicyclic) bond motifs is 1. The minimum atomic E-state index is -0.389. The third-order valence-electron chi connectivity index (χ3n) is 4.62. The monoisotopic (exact) mass is 407 g/mol. The van der Waals surface area contributed by atoms with E-state index in [0.717, 1.165) is 17.0 Å². The number of halogens is 1. The van der Waals surface area contributed by atoms with Crippen LogP contribution in [0.1, 0.15) is 15.2 Å². The fourth-order valence-corrected chi connectivity index (χ4v) is 3.94. The highest BCUT2D eigenvalue weighted by Crippen LogP contribution is 2.35. The SMILES string of the molecule is COc1ccc(-c2ccc3c(N)c(C(=O)Nc4ccc(C)c(F)c4)sc3n2)cc1. The molecule has 0 spiro atoms. The highest BCUT2D eigenvalue weighted by atomic mass is 32.1. The summed E-state index contributed by atoms with van der Waals surface area (Å²) in [4.78, 5) is 18.3. The molecule has 3 N–H and O–H groups in total. The first-order valence-corrected chi connectivity index (χ1v) is 9.69. The van der Waals surface area contributed by atoms with E-state index in [1.807, 2.05) is 36.4 Å². The number of methoxy groups -OCH3 is 1. The van der Waals surface area contributed by atoms with E-state index in [1.54, 1.807) is 26.2 Å². The molecule has 0 saturated heterocycles. The van der Waals surface area contributed by atoms with Crippen molar-refractivity contribution in [1.82, 2.24) is 4.98 Å². The number of hydrogen-bond acceptors (Lipinski definition) is 5. The van der Waals surface area contributed by atoms with Gasteiger partial charge in [0, 0.05) is 16.6 Å². The van der Waals surface area contributed by atoms with E-state index in [0.29, 0.717) is 32.0 Å². The van der Waals surface area contributed by atoms with Gasteiger partial charge in [-0.05, 0) is 61.0 Å². The zero-order valence-corrected chi connectivity index (χ0v) is 16.6. The summed E-state index contributed by atoms with van der Waals surface area (Å²) in [5.74, 6) is -0.000593. The molecular weight excluding hydrogens is 389 g/mol. The van der Waals surface area contributed by atoms with Crippen molar-refractivity contribution in [3.05, 3.63) is 70.9 Å². The van der Waals surface area contributed by atoms with Crippen LogP contribution in [0.2, 0.25) is 0 Å². The lowest BCUT2D eigenvalue weighted by Gasteiger charge is -2.05. The molecule has 2 aromatic carbocycles. The van der Waals surface area contributed by atoms with E-state index in [1.165, 1.54) is 17.4 Å². The van der Waals surface area contributed by atoms with E-state index >= 15 is 0 Å². The van der Waals surface area contributed by atoms with Gasteiger partial charge >= 0.3 is 0 Å². The van der Waals surface area contributed by atoms with Crippen molar-refractivity contribution in [2.75, 3.05) is 18.2 Å². The largest absolute Gasteiger partial charge is 0.497 e. The van der Waals surface area contributed by atoms with Crippen LogP contribution < -0.4 is 15.8 Å². The molecule has 7 heteroatoms. The lowest BCUT2D eigenvalue weighted by Crippen LogP contribution is -2.12. The molecule has 0 saturated carbocycles. The van der Waals surface area contributed by atoms with Crippen LogP contribution in [0.5, 0.6) is 5.75 Å². The molecule has 4 aromatic rings. The molecule has 4 rings (SSSR count). The summed E-state index contributed by atoms with van der Waals surface area (Å²) in [6.45, 7) is 1.66. The first-order valence-electron chi connectivity index (χ1n) is 8.87. The van der Waals surface area contributed by atoms with Crippen molar-refractivity contribution in [2.24, 2.45) is 0 Å². The van der Waals surface area contributed by atoms with E-state index in [-0.39, 0.29) is 11.7 Å². The maximum absolute atomic E-state index is 13.7. The number of nitrogens with two attached hydrogens (primary N) is 1. The molecule has 2 aromatic heterocycles. The molecule has 0 aliphatic heterocycles. The summed E-state index contributed by atoms with van der Waals surface area (Å²) in [6, 6.07) is 15.8. The van der Waals surface area contributed by atoms with Crippen molar-refractivity contribution in [2.45, 2.75) is 6.92 Å². The van der Waals surface area contributed by atoms with Gasteiger partial charge in [-0.15, -0.1) is 11.3 Å². The Morgan fingerprint density at radius 3 is 2.59 bits per heavy atom. The molecular formula is C22H18FN3O2S. The van der Waals surface area contributed by atoms with Crippen molar-refractivity contribution in [3.63, 3.8) is 0 Å². The number of carbonyl (C=O) groups excluding carboxylic acids is 1. The van der Waals surface area contributed by atoms with E-state index in [4.69, 9.17) is 10.5 Å². The molecule has 0 bridgehead atoms. The summed E-state index contributed by atoms with van der Waals surface area (Å²) in [5, 5.41) is 3.41. The maximum Gasteiger partial charge on any atom is 0.267 e. The van der Waals surface area contributed by atoms with Crippen LogP contribution in [-0.2, 0) is 0 Å². The Kier molecular flexibility index (Phi) is 4.90. The molecule has 1 amide bonds. The lowest BCUT2D eigenvalue weighted by atomic mass is 10.1. The van der Waals surface area contributed by atoms with Crippen LogP contribution in [-0.4, -0.2) is 18.0 Å². The molecule has 2 heterocycles. The number of pyridine rings is 1. The van der Waals surface area contributed by atoms with Gasteiger partial charge in [-0.2, -0.15) is 0 Å². The minimum absolute atomic E-state index is 0.348. The Morgan fingerprint density at radius 1 is 1.14 bits per heavy atom. The van der Waals surface area contributed by atoms with Crippen LogP contribution in [0.4, 0.5) is 15.8 Å². The van der Waals surface area contributed by atoms with Gasteiger partial charge in [0.1, 0.15) is 21.3 Å². The molecule has 29 heavy (non-hydrogen) atoms. The number of anilines is 2. The zero-order valence-electron chi connectivity index (χ0n) is 15.8. The topological polar surface area (TPSA) is 77.2 Å². The summed E-state index contributed by atoms with van der Waals surface area (Å²) >= 11 is 1.21. The van der Waals surface area contributed by atoms with Crippen molar-refractivity contribution in [1.29, 1.82) is 0 Å². The summed E-state index contributed by atoms with van der Waals surface area (Å²) in [5.41, 5.74) is 9.15. The molecule has 5 nitrogen and oxygen atoms in total. The first kappa shape index (κ1) is 18.9. The third-order valence-corrected chi connectivity index (χ3v) is 5.73. The molecule has 0 atom stereocenters. The number of ether oxygens (including phenoxy) is 1. The predicted molar refractivity (Wildman–Crippen MR) is 115 cm³/mol. The molecule has 0 aliphatic rings. The Bertz CT molecular complexity index is 1220. The number of nitrogens with one attached hydrogen (secondary N) is 1. The normalized spacial score (nSPS) is 10.9. The van der Waals surface area contributed by atoms with E-state index in [2.05, 4.69) is 10.3 Å². The van der Waals surface area contributed by atoms with Crippen LogP contribution in [0.15, 0.2) is 54.6 Å². The Morgan fingerprint density at radius 2 is 1.90 bits per heavy atom. The van der Waals surface area contributed by atoms with Gasteiger partial charge in [0.25, 0.3) is 5.91 Å². The van der Waals surface area contributed by atoms with E-state index in [9.17, 15) is 9.18 Å². The highest BCUT2D eigenvalue weighted by Gasteiger charge is 2.18. The lowest BCUT2D eigenvalue weighted by molar-refractivity contribution is 0.103. The number of benzene rings is 2. The van der Waals surface area contributed by atoms with Crippen LogP contribution >= 0.6 is 11.3 Å². The number of aryl methyl sites for hydroxylation is 1. The Hall–Kier alpha value is -3.45. The number of aromatic nitrogens is 1. The number of nitrogen functional groups attached to an aromatic ring is 1. The molecule has 146 valence electrons. The van der Waals surface area contributed by atoms with Gasteiger partial charge in [-0.25, -0.2) is 9.37 Å². The van der Waals surface area contributed by atoms with Crippen LogP contribution in [0, 0.1) is 12.7 Å². The highest BCUT2D eigenvalue weighted by molar-refractivity contribution is 7.21. The smallest absolute Gasteiger partial charge is 0.267 e. The van der Waals surface area contributed by atoms with Crippen molar-refractivity contribution >= 4 is 38.8 Å². The maximum atomic E-state index is 13.7. The van der Waals surface area contributed by atoms with Crippen molar-refractivity contribution in [3.8, 4) is 17.0 Å². The number of nitrogens with zero attached hydrogens (tertiary/aromatic N) is 1. The molecule has 0 fully saturated rings. The summed E-state index contributed by atoms with van der Waals surface area (Å²) in [6.07, 6.45) is 0. The number of carbonyl (C=O) groups is 1. The molecule has 0 aliphatic carbocycles. The number of rotatable bonds is 4.